The Morgan fingerprint density at radius 2 is 1.90 bits per heavy atom. The summed E-state index contributed by atoms with van der Waals surface area (Å²) >= 11 is 0. The number of phenols is 1. The van der Waals surface area contributed by atoms with Crippen LogP contribution in [0.15, 0.2) is 30.4 Å². The highest BCUT2D eigenvalue weighted by molar-refractivity contribution is 5.97. The van der Waals surface area contributed by atoms with Crippen molar-refractivity contribution in [2.24, 2.45) is 5.92 Å². The first-order valence-electron chi connectivity index (χ1n) is 9.88. The minimum atomic E-state index is -1.61. The number of phenolic OH excluding ortho intramolecular Hbond substituents is 1. The fraction of sp³-hybridized carbons (Fsp3) is 0.455. The zero-order chi connectivity index (χ0) is 23.1. The van der Waals surface area contributed by atoms with Crippen LogP contribution in [-0.4, -0.2) is 74.9 Å². The zero-order valence-corrected chi connectivity index (χ0v) is 17.3. The first-order valence-corrected chi connectivity index (χ1v) is 9.88. The van der Waals surface area contributed by atoms with Gasteiger partial charge in [-0.1, -0.05) is 25.2 Å². The van der Waals surface area contributed by atoms with Gasteiger partial charge in [0, 0.05) is 12.0 Å². The number of esters is 1. The Labute approximate surface area is 179 Å². The number of fused-ring (bicyclic) bond motifs is 1. The van der Waals surface area contributed by atoms with Crippen LogP contribution in [0.3, 0.4) is 0 Å². The number of rotatable bonds is 4. The van der Waals surface area contributed by atoms with Gasteiger partial charge in [0.05, 0.1) is 12.7 Å². The largest absolute Gasteiger partial charge is 0.507 e. The maximum absolute atomic E-state index is 12.7. The van der Waals surface area contributed by atoms with Crippen LogP contribution in [0.25, 0.3) is 6.08 Å². The van der Waals surface area contributed by atoms with Crippen LogP contribution >= 0.6 is 0 Å². The van der Waals surface area contributed by atoms with Gasteiger partial charge in [-0.3, -0.25) is 4.79 Å². The van der Waals surface area contributed by atoms with Gasteiger partial charge in [-0.25, -0.2) is 4.79 Å². The number of aromatic hydroxyl groups is 1. The third-order valence-electron chi connectivity index (χ3n) is 4.91. The van der Waals surface area contributed by atoms with E-state index in [1.54, 1.807) is 13.8 Å². The number of hydrogen-bond donors (Lipinski definition) is 5. The van der Waals surface area contributed by atoms with E-state index in [2.05, 4.69) is 0 Å². The van der Waals surface area contributed by atoms with Gasteiger partial charge in [-0.15, -0.1) is 0 Å². The van der Waals surface area contributed by atoms with Crippen molar-refractivity contribution < 1.29 is 44.6 Å². The summed E-state index contributed by atoms with van der Waals surface area (Å²) in [5, 5.41) is 48.9. The van der Waals surface area contributed by atoms with Crippen LogP contribution in [0.4, 0.5) is 0 Å². The lowest BCUT2D eigenvalue weighted by atomic mass is 9.99. The minimum Gasteiger partial charge on any atom is -0.507 e. The molecule has 9 nitrogen and oxygen atoms in total. The van der Waals surface area contributed by atoms with Crippen molar-refractivity contribution in [3.8, 4) is 11.5 Å². The lowest BCUT2D eigenvalue weighted by Crippen LogP contribution is -2.32. The van der Waals surface area contributed by atoms with Gasteiger partial charge in [0.25, 0.3) is 0 Å². The molecule has 170 valence electrons. The molecule has 1 unspecified atom stereocenters. The van der Waals surface area contributed by atoms with Crippen LogP contribution < -0.4 is 4.74 Å². The van der Waals surface area contributed by atoms with Crippen molar-refractivity contribution in [2.75, 3.05) is 13.2 Å². The molecule has 9 heteroatoms. The van der Waals surface area contributed by atoms with E-state index >= 15 is 0 Å². The molecule has 1 aliphatic heterocycles. The van der Waals surface area contributed by atoms with E-state index in [9.17, 15) is 30.0 Å². The molecular formula is C22H28O9. The number of aliphatic hydroxyl groups is 4. The van der Waals surface area contributed by atoms with Crippen LogP contribution in [0.1, 0.15) is 36.2 Å². The van der Waals surface area contributed by atoms with Crippen molar-refractivity contribution in [1.29, 1.82) is 0 Å². The van der Waals surface area contributed by atoms with Gasteiger partial charge in [0.15, 0.2) is 5.78 Å². The summed E-state index contributed by atoms with van der Waals surface area (Å²) in [6.07, 6.45) is 0.604. The summed E-state index contributed by atoms with van der Waals surface area (Å²) < 4.78 is 10.8. The van der Waals surface area contributed by atoms with Crippen LogP contribution in [0.2, 0.25) is 0 Å². The Hall–Kier alpha value is -2.72. The molecule has 5 atom stereocenters. The maximum Gasteiger partial charge on any atom is 0.342 e. The first-order chi connectivity index (χ1) is 14.6. The lowest BCUT2D eigenvalue weighted by molar-refractivity contribution is -0.127. The highest BCUT2D eigenvalue weighted by Gasteiger charge is 2.25. The van der Waals surface area contributed by atoms with E-state index in [4.69, 9.17) is 14.6 Å². The van der Waals surface area contributed by atoms with Gasteiger partial charge < -0.3 is 35.0 Å². The third-order valence-corrected chi connectivity index (χ3v) is 4.91. The average molecular weight is 436 g/mol. The summed E-state index contributed by atoms with van der Waals surface area (Å²) in [5.41, 5.74) is 0.0801. The summed E-state index contributed by atoms with van der Waals surface area (Å²) in [7, 11) is 0. The number of carbonyl (C=O) groups excluding carboxylic acids is 2. The van der Waals surface area contributed by atoms with Gasteiger partial charge in [-0.05, 0) is 31.1 Å². The first kappa shape index (κ1) is 24.5. The SMILES string of the molecule is C[C@@H]1/C=C\C(=O)[C@@H](O)[C@@H](O)C/C=C/c2cc(OCC(O)CO)cc(O)c2C(=O)O[C@H]1C. The van der Waals surface area contributed by atoms with Crippen LogP contribution in [0.5, 0.6) is 11.5 Å². The Morgan fingerprint density at radius 3 is 2.58 bits per heavy atom. The highest BCUT2D eigenvalue weighted by atomic mass is 16.5. The summed E-state index contributed by atoms with van der Waals surface area (Å²) in [6.45, 7) is 2.58. The Morgan fingerprint density at radius 1 is 1.19 bits per heavy atom. The highest BCUT2D eigenvalue weighted by Crippen LogP contribution is 2.31. The van der Waals surface area contributed by atoms with Crippen molar-refractivity contribution in [2.45, 2.75) is 44.7 Å². The Balaban J connectivity index is 2.44. The molecule has 1 aromatic rings. The number of aliphatic hydroxyl groups excluding tert-OH is 4. The quantitative estimate of drug-likeness (QED) is 0.426. The molecule has 0 saturated carbocycles. The van der Waals surface area contributed by atoms with E-state index in [1.165, 1.54) is 30.4 Å². The predicted molar refractivity (Wildman–Crippen MR) is 111 cm³/mol. The van der Waals surface area contributed by atoms with Crippen molar-refractivity contribution >= 4 is 17.8 Å². The number of hydrogen-bond acceptors (Lipinski definition) is 9. The molecule has 0 aliphatic carbocycles. The van der Waals surface area contributed by atoms with E-state index in [0.717, 1.165) is 6.08 Å². The number of ketones is 1. The lowest BCUT2D eigenvalue weighted by Gasteiger charge is -2.20. The molecule has 31 heavy (non-hydrogen) atoms. The molecule has 1 aromatic carbocycles. The molecule has 0 amide bonds. The average Bonchev–Trinajstić information content (AvgIpc) is 2.73. The van der Waals surface area contributed by atoms with Crippen molar-refractivity contribution in [1.82, 2.24) is 0 Å². The number of ether oxygens (including phenoxy) is 2. The second kappa shape index (κ2) is 11.1. The van der Waals surface area contributed by atoms with Gasteiger partial charge in [-0.2, -0.15) is 0 Å². The van der Waals surface area contributed by atoms with Gasteiger partial charge in [0.2, 0.25) is 0 Å². The summed E-state index contributed by atoms with van der Waals surface area (Å²) in [4.78, 5) is 24.8. The molecular weight excluding hydrogens is 408 g/mol. The molecule has 0 fully saturated rings. The molecule has 0 saturated heterocycles. The normalized spacial score (nSPS) is 28.1. The monoisotopic (exact) mass is 436 g/mol. The van der Waals surface area contributed by atoms with E-state index < -0.39 is 48.5 Å². The molecule has 0 bridgehead atoms. The smallest absolute Gasteiger partial charge is 0.342 e. The molecule has 5 N–H and O–H groups in total. The Kier molecular flexibility index (Phi) is 8.76. The predicted octanol–water partition coefficient (Wildman–Crippen LogP) is 0.570. The second-order valence-corrected chi connectivity index (χ2v) is 7.44. The van der Waals surface area contributed by atoms with Crippen molar-refractivity contribution in [3.63, 3.8) is 0 Å². The summed E-state index contributed by atoms with van der Waals surface area (Å²) in [6, 6.07) is 2.61. The second-order valence-electron chi connectivity index (χ2n) is 7.44. The van der Waals surface area contributed by atoms with E-state index in [-0.39, 0.29) is 35.8 Å². The third kappa shape index (κ3) is 6.63. The maximum atomic E-state index is 12.7. The van der Waals surface area contributed by atoms with Gasteiger partial charge >= 0.3 is 5.97 Å². The van der Waals surface area contributed by atoms with E-state index in [1.807, 2.05) is 0 Å². The van der Waals surface area contributed by atoms with Crippen molar-refractivity contribution in [3.05, 3.63) is 41.5 Å². The van der Waals surface area contributed by atoms with E-state index in [0.29, 0.717) is 0 Å². The Bertz CT molecular complexity index is 846. The number of cyclic esters (lactones) is 1. The number of carbonyl (C=O) groups is 2. The van der Waals surface area contributed by atoms with Gasteiger partial charge in [0.1, 0.15) is 42.0 Å². The molecule has 0 aromatic heterocycles. The standard InChI is InChI=1S/C22H28O9/c1-12-6-7-18(26)21(28)17(25)5-3-4-14-8-16(30-11-15(24)10-23)9-19(27)20(14)22(29)31-13(12)2/h3-4,6-9,12-13,15,17,21,23-25,27-28H,5,10-11H2,1-2H3/b4-3+,7-6-/t12-,13+,15?,17+,21+/m1/s1. The number of benzene rings is 1. The fourth-order valence-electron chi connectivity index (χ4n) is 2.79. The topological polar surface area (TPSA) is 154 Å². The fourth-order valence-corrected chi connectivity index (χ4v) is 2.79. The van der Waals surface area contributed by atoms with Crippen LogP contribution in [0, 0.1) is 5.92 Å². The zero-order valence-electron chi connectivity index (χ0n) is 17.3. The van der Waals surface area contributed by atoms with Crippen LogP contribution in [-0.2, 0) is 9.53 Å². The molecule has 0 radical (unpaired) electrons. The molecule has 2 rings (SSSR count). The molecule has 1 aliphatic rings. The summed E-state index contributed by atoms with van der Waals surface area (Å²) in [5.74, 6) is -2.14. The molecule has 1 heterocycles. The molecule has 0 spiro atoms. The minimum absolute atomic E-state index is 0.101.